The molecule has 1 N–H and O–H groups in total. The van der Waals surface area contributed by atoms with Crippen molar-refractivity contribution in [3.8, 4) is 0 Å². The zero-order valence-electron chi connectivity index (χ0n) is 12.3. The maximum atomic E-state index is 14.4. The van der Waals surface area contributed by atoms with Crippen LogP contribution in [0.2, 0.25) is 5.02 Å². The fourth-order valence-corrected chi connectivity index (χ4v) is 3.53. The Morgan fingerprint density at radius 2 is 1.95 bits per heavy atom. The molecule has 1 saturated carbocycles. The summed E-state index contributed by atoms with van der Waals surface area (Å²) in [5.74, 6) is 0.595. The van der Waals surface area contributed by atoms with Crippen LogP contribution in [-0.4, -0.2) is 13.1 Å². The Bertz CT molecular complexity index is 413. The Balaban J connectivity index is 2.23. The highest BCUT2D eigenvalue weighted by Gasteiger charge is 2.26. The molecule has 0 bridgehead atoms. The third kappa shape index (κ3) is 3.95. The summed E-state index contributed by atoms with van der Waals surface area (Å²) in [5, 5.41) is 3.65. The standard InChI is InChI=1S/C17H25ClFN/c1-2-20-12-15(13-8-5-3-4-6-9-13)14-10-7-11-16(18)17(14)19/h7,10-11,13,15,20H,2-6,8-9,12H2,1H3. The molecule has 1 fully saturated rings. The van der Waals surface area contributed by atoms with E-state index in [0.717, 1.165) is 18.7 Å². The fourth-order valence-electron chi connectivity index (χ4n) is 3.35. The third-order valence-electron chi connectivity index (χ3n) is 4.46. The first-order valence-electron chi connectivity index (χ1n) is 7.88. The van der Waals surface area contributed by atoms with E-state index in [1.165, 1.54) is 38.5 Å². The molecule has 3 heteroatoms. The van der Waals surface area contributed by atoms with Crippen molar-refractivity contribution in [3.63, 3.8) is 0 Å². The highest BCUT2D eigenvalue weighted by molar-refractivity contribution is 6.30. The average Bonchev–Trinajstić information content (AvgIpc) is 2.73. The Kier molecular flexibility index (Phi) is 6.31. The van der Waals surface area contributed by atoms with Gasteiger partial charge in [0.15, 0.2) is 0 Å². The zero-order valence-corrected chi connectivity index (χ0v) is 13.1. The van der Waals surface area contributed by atoms with Gasteiger partial charge in [0.1, 0.15) is 5.82 Å². The van der Waals surface area contributed by atoms with Crippen molar-refractivity contribution in [1.82, 2.24) is 5.32 Å². The van der Waals surface area contributed by atoms with Gasteiger partial charge in [-0.05, 0) is 36.9 Å². The summed E-state index contributed by atoms with van der Waals surface area (Å²) in [6, 6.07) is 5.42. The maximum Gasteiger partial charge on any atom is 0.145 e. The van der Waals surface area contributed by atoms with Crippen molar-refractivity contribution >= 4 is 11.6 Å². The van der Waals surface area contributed by atoms with Gasteiger partial charge in [0.2, 0.25) is 0 Å². The summed E-state index contributed by atoms with van der Waals surface area (Å²) in [7, 11) is 0. The number of halogens is 2. The molecular weight excluding hydrogens is 273 g/mol. The van der Waals surface area contributed by atoms with E-state index in [2.05, 4.69) is 12.2 Å². The predicted octanol–water partition coefficient (Wildman–Crippen LogP) is 5.14. The Labute approximate surface area is 126 Å². The second-order valence-corrected chi connectivity index (χ2v) is 6.22. The van der Waals surface area contributed by atoms with Crippen LogP contribution in [0.1, 0.15) is 56.9 Å². The summed E-state index contributed by atoms with van der Waals surface area (Å²) < 4.78 is 14.4. The van der Waals surface area contributed by atoms with Crippen LogP contribution in [0.5, 0.6) is 0 Å². The normalized spacial score (nSPS) is 18.8. The van der Waals surface area contributed by atoms with Crippen LogP contribution in [0, 0.1) is 11.7 Å². The van der Waals surface area contributed by atoms with Crippen molar-refractivity contribution in [2.45, 2.75) is 51.4 Å². The minimum Gasteiger partial charge on any atom is -0.316 e. The first kappa shape index (κ1) is 15.8. The number of hydrogen-bond donors (Lipinski definition) is 1. The molecule has 1 unspecified atom stereocenters. The third-order valence-corrected chi connectivity index (χ3v) is 4.76. The smallest absolute Gasteiger partial charge is 0.145 e. The molecule has 2 rings (SSSR count). The molecule has 20 heavy (non-hydrogen) atoms. The first-order valence-corrected chi connectivity index (χ1v) is 8.26. The first-order chi connectivity index (χ1) is 9.74. The molecule has 1 aliphatic rings. The van der Waals surface area contributed by atoms with E-state index in [1.807, 2.05) is 12.1 Å². The van der Waals surface area contributed by atoms with E-state index in [1.54, 1.807) is 6.07 Å². The second kappa shape index (κ2) is 7.99. The van der Waals surface area contributed by atoms with Crippen LogP contribution in [0.3, 0.4) is 0 Å². The Hall–Kier alpha value is -0.600. The van der Waals surface area contributed by atoms with Gasteiger partial charge in [-0.25, -0.2) is 4.39 Å². The summed E-state index contributed by atoms with van der Waals surface area (Å²) in [6.07, 6.45) is 7.61. The van der Waals surface area contributed by atoms with E-state index in [4.69, 9.17) is 11.6 Å². The number of rotatable bonds is 5. The highest BCUT2D eigenvalue weighted by Crippen LogP contribution is 2.37. The number of nitrogens with one attached hydrogen (secondary N) is 1. The molecule has 0 saturated heterocycles. The predicted molar refractivity (Wildman–Crippen MR) is 83.9 cm³/mol. The summed E-state index contributed by atoms with van der Waals surface area (Å²) in [5.41, 5.74) is 0.797. The van der Waals surface area contributed by atoms with Gasteiger partial charge in [-0.1, -0.05) is 56.3 Å². The largest absolute Gasteiger partial charge is 0.316 e. The molecule has 0 aliphatic heterocycles. The second-order valence-electron chi connectivity index (χ2n) is 5.81. The maximum absolute atomic E-state index is 14.4. The molecule has 1 aliphatic carbocycles. The average molecular weight is 298 g/mol. The van der Waals surface area contributed by atoms with E-state index in [0.29, 0.717) is 5.92 Å². The summed E-state index contributed by atoms with van der Waals surface area (Å²) in [6.45, 7) is 3.86. The molecule has 0 radical (unpaired) electrons. The van der Waals surface area contributed by atoms with Crippen molar-refractivity contribution in [2.75, 3.05) is 13.1 Å². The van der Waals surface area contributed by atoms with Crippen molar-refractivity contribution in [1.29, 1.82) is 0 Å². The van der Waals surface area contributed by atoms with E-state index in [-0.39, 0.29) is 16.8 Å². The number of likely N-dealkylation sites (N-methyl/N-ethyl adjacent to an activating group) is 1. The van der Waals surface area contributed by atoms with Crippen LogP contribution in [0.25, 0.3) is 0 Å². The lowest BCUT2D eigenvalue weighted by atomic mass is 9.81. The van der Waals surface area contributed by atoms with Gasteiger partial charge in [0.05, 0.1) is 5.02 Å². The highest BCUT2D eigenvalue weighted by atomic mass is 35.5. The van der Waals surface area contributed by atoms with Gasteiger partial charge in [-0.2, -0.15) is 0 Å². The van der Waals surface area contributed by atoms with Crippen LogP contribution >= 0.6 is 11.6 Å². The van der Waals surface area contributed by atoms with E-state index in [9.17, 15) is 4.39 Å². The molecule has 0 heterocycles. The lowest BCUT2D eigenvalue weighted by Crippen LogP contribution is -2.27. The van der Waals surface area contributed by atoms with Crippen molar-refractivity contribution in [2.24, 2.45) is 5.92 Å². The van der Waals surface area contributed by atoms with Crippen molar-refractivity contribution < 1.29 is 4.39 Å². The zero-order chi connectivity index (χ0) is 14.4. The molecule has 112 valence electrons. The van der Waals surface area contributed by atoms with Crippen LogP contribution in [0.4, 0.5) is 4.39 Å². The minimum atomic E-state index is -0.221. The van der Waals surface area contributed by atoms with Crippen LogP contribution in [-0.2, 0) is 0 Å². The Morgan fingerprint density at radius 3 is 2.60 bits per heavy atom. The fraction of sp³-hybridized carbons (Fsp3) is 0.647. The van der Waals surface area contributed by atoms with E-state index < -0.39 is 0 Å². The van der Waals surface area contributed by atoms with Gasteiger partial charge in [-0.3, -0.25) is 0 Å². The number of hydrogen-bond acceptors (Lipinski definition) is 1. The summed E-state index contributed by atoms with van der Waals surface area (Å²) in [4.78, 5) is 0. The lowest BCUT2D eigenvalue weighted by molar-refractivity contribution is 0.354. The van der Waals surface area contributed by atoms with Gasteiger partial charge in [-0.15, -0.1) is 0 Å². The molecule has 0 spiro atoms. The number of benzene rings is 1. The van der Waals surface area contributed by atoms with Gasteiger partial charge < -0.3 is 5.32 Å². The van der Waals surface area contributed by atoms with Gasteiger partial charge >= 0.3 is 0 Å². The quantitative estimate of drug-likeness (QED) is 0.742. The van der Waals surface area contributed by atoms with Gasteiger partial charge in [0.25, 0.3) is 0 Å². The lowest BCUT2D eigenvalue weighted by Gasteiger charge is -2.27. The molecule has 1 nitrogen and oxygen atoms in total. The monoisotopic (exact) mass is 297 g/mol. The molecule has 1 aromatic rings. The SMILES string of the molecule is CCNCC(c1cccc(Cl)c1F)C1CCCCCC1. The van der Waals surface area contributed by atoms with Crippen LogP contribution < -0.4 is 5.32 Å². The van der Waals surface area contributed by atoms with Gasteiger partial charge in [0, 0.05) is 12.5 Å². The molecule has 1 atom stereocenters. The molecule has 0 aromatic heterocycles. The van der Waals surface area contributed by atoms with Crippen LogP contribution in [0.15, 0.2) is 18.2 Å². The topological polar surface area (TPSA) is 12.0 Å². The van der Waals surface area contributed by atoms with E-state index >= 15 is 0 Å². The molecule has 0 amide bonds. The summed E-state index contributed by atoms with van der Waals surface area (Å²) >= 11 is 5.97. The minimum absolute atomic E-state index is 0.221. The Morgan fingerprint density at radius 1 is 1.25 bits per heavy atom. The molecule has 1 aromatic carbocycles. The molecular formula is C17H25ClFN. The van der Waals surface area contributed by atoms with Crippen molar-refractivity contribution in [3.05, 3.63) is 34.6 Å².